The van der Waals surface area contributed by atoms with Gasteiger partial charge in [-0.15, -0.1) is 11.3 Å². The largest absolute Gasteiger partial charge is 0.366 e. The second-order valence-electron chi connectivity index (χ2n) is 5.56. The standard InChI is InChI=1S/C17H22N2S/c1-13-5-8-17-14(10-13)4-3-9-19(17)12-16-7-6-15(20-16)11-18-2/h5-8,10,18H,3-4,9,11-12H2,1-2H3. The average molecular weight is 286 g/mol. The molecule has 20 heavy (non-hydrogen) atoms. The van der Waals surface area contributed by atoms with E-state index >= 15 is 0 Å². The fourth-order valence-electron chi connectivity index (χ4n) is 2.93. The molecule has 0 saturated carbocycles. The number of aryl methyl sites for hydroxylation is 2. The van der Waals surface area contributed by atoms with Crippen LogP contribution in [0.25, 0.3) is 0 Å². The molecule has 0 fully saturated rings. The van der Waals surface area contributed by atoms with E-state index < -0.39 is 0 Å². The highest BCUT2D eigenvalue weighted by Gasteiger charge is 2.17. The Hall–Kier alpha value is -1.32. The van der Waals surface area contributed by atoms with Gasteiger partial charge in [-0.25, -0.2) is 0 Å². The lowest BCUT2D eigenvalue weighted by Gasteiger charge is -2.31. The first kappa shape index (κ1) is 13.7. The van der Waals surface area contributed by atoms with Crippen LogP contribution in [0.5, 0.6) is 0 Å². The van der Waals surface area contributed by atoms with Crippen LogP contribution in [-0.2, 0) is 19.5 Å². The van der Waals surface area contributed by atoms with Crippen LogP contribution < -0.4 is 10.2 Å². The predicted octanol–water partition coefficient (Wildman–Crippen LogP) is 3.73. The molecule has 1 aliphatic heterocycles. The van der Waals surface area contributed by atoms with Crippen molar-refractivity contribution in [1.29, 1.82) is 0 Å². The predicted molar refractivity (Wildman–Crippen MR) is 87.6 cm³/mol. The van der Waals surface area contributed by atoms with Crippen LogP contribution in [0.1, 0.15) is 27.3 Å². The smallest absolute Gasteiger partial charge is 0.0523 e. The molecule has 1 aromatic carbocycles. The minimum absolute atomic E-state index is 0.973. The maximum Gasteiger partial charge on any atom is 0.0523 e. The van der Waals surface area contributed by atoms with Gasteiger partial charge in [0.25, 0.3) is 0 Å². The third-order valence-electron chi connectivity index (χ3n) is 3.86. The van der Waals surface area contributed by atoms with E-state index in [4.69, 9.17) is 0 Å². The van der Waals surface area contributed by atoms with E-state index in [0.717, 1.165) is 13.1 Å². The Morgan fingerprint density at radius 3 is 2.90 bits per heavy atom. The molecule has 0 bridgehead atoms. The molecule has 1 aromatic heterocycles. The number of anilines is 1. The summed E-state index contributed by atoms with van der Waals surface area (Å²) in [6.07, 6.45) is 2.49. The average Bonchev–Trinajstić information content (AvgIpc) is 2.86. The second-order valence-corrected chi connectivity index (χ2v) is 6.81. The fraction of sp³-hybridized carbons (Fsp3) is 0.412. The van der Waals surface area contributed by atoms with Crippen LogP contribution in [0.4, 0.5) is 5.69 Å². The molecule has 1 N–H and O–H groups in total. The van der Waals surface area contributed by atoms with E-state index in [2.05, 4.69) is 47.5 Å². The zero-order chi connectivity index (χ0) is 13.9. The molecule has 0 unspecified atom stereocenters. The molecule has 0 saturated heterocycles. The Morgan fingerprint density at radius 2 is 2.05 bits per heavy atom. The van der Waals surface area contributed by atoms with Crippen molar-refractivity contribution >= 4 is 17.0 Å². The molecule has 2 aromatic rings. The summed E-state index contributed by atoms with van der Waals surface area (Å²) in [4.78, 5) is 5.42. The van der Waals surface area contributed by atoms with Gasteiger partial charge in [-0.2, -0.15) is 0 Å². The Bertz CT molecular complexity index is 588. The quantitative estimate of drug-likeness (QED) is 0.921. The number of thiophene rings is 1. The van der Waals surface area contributed by atoms with Crippen LogP contribution in [0.15, 0.2) is 30.3 Å². The number of hydrogen-bond acceptors (Lipinski definition) is 3. The van der Waals surface area contributed by atoms with Crippen molar-refractivity contribution in [3.05, 3.63) is 51.2 Å². The normalized spacial score (nSPS) is 14.4. The summed E-state index contributed by atoms with van der Waals surface area (Å²) in [6, 6.07) is 11.4. The zero-order valence-corrected chi connectivity index (χ0v) is 13.1. The van der Waals surface area contributed by atoms with E-state index in [0.29, 0.717) is 0 Å². The first-order valence-electron chi connectivity index (χ1n) is 7.33. The third-order valence-corrected chi connectivity index (χ3v) is 4.93. The van der Waals surface area contributed by atoms with Gasteiger partial charge in [-0.3, -0.25) is 0 Å². The first-order valence-corrected chi connectivity index (χ1v) is 8.14. The summed E-state index contributed by atoms with van der Waals surface area (Å²) in [7, 11) is 2.00. The van der Waals surface area contributed by atoms with Crippen molar-refractivity contribution in [2.75, 3.05) is 18.5 Å². The molecular formula is C17H22N2S. The van der Waals surface area contributed by atoms with Crippen molar-refractivity contribution < 1.29 is 0 Å². The Labute approximate surface area is 125 Å². The molecule has 3 rings (SSSR count). The van der Waals surface area contributed by atoms with Gasteiger partial charge in [0.1, 0.15) is 0 Å². The molecule has 0 aliphatic carbocycles. The van der Waals surface area contributed by atoms with Gasteiger partial charge in [0, 0.05) is 28.5 Å². The third kappa shape index (κ3) is 2.89. The monoisotopic (exact) mass is 286 g/mol. The zero-order valence-electron chi connectivity index (χ0n) is 12.3. The van der Waals surface area contributed by atoms with Gasteiger partial charge in [0.15, 0.2) is 0 Å². The molecule has 2 heterocycles. The molecule has 1 aliphatic rings. The van der Waals surface area contributed by atoms with E-state index in [9.17, 15) is 0 Å². The number of nitrogens with one attached hydrogen (secondary N) is 1. The number of nitrogens with zero attached hydrogens (tertiary/aromatic N) is 1. The van der Waals surface area contributed by atoms with Crippen LogP contribution in [0.3, 0.4) is 0 Å². The van der Waals surface area contributed by atoms with Gasteiger partial charge >= 0.3 is 0 Å². The van der Waals surface area contributed by atoms with Gasteiger partial charge in [0.2, 0.25) is 0 Å². The Morgan fingerprint density at radius 1 is 1.20 bits per heavy atom. The van der Waals surface area contributed by atoms with Crippen molar-refractivity contribution in [3.8, 4) is 0 Å². The summed E-state index contributed by atoms with van der Waals surface area (Å²) in [5.74, 6) is 0. The van der Waals surface area contributed by atoms with Gasteiger partial charge in [-0.1, -0.05) is 17.7 Å². The summed E-state index contributed by atoms with van der Waals surface area (Å²) >= 11 is 1.92. The highest BCUT2D eigenvalue weighted by Crippen LogP contribution is 2.30. The number of rotatable bonds is 4. The number of hydrogen-bond donors (Lipinski definition) is 1. The Kier molecular flexibility index (Phi) is 4.08. The minimum atomic E-state index is 0.973. The van der Waals surface area contributed by atoms with Crippen molar-refractivity contribution in [3.63, 3.8) is 0 Å². The van der Waals surface area contributed by atoms with Crippen LogP contribution in [0, 0.1) is 6.92 Å². The molecule has 106 valence electrons. The van der Waals surface area contributed by atoms with Crippen LogP contribution >= 0.6 is 11.3 Å². The van der Waals surface area contributed by atoms with Crippen LogP contribution in [0.2, 0.25) is 0 Å². The van der Waals surface area contributed by atoms with Crippen LogP contribution in [-0.4, -0.2) is 13.6 Å². The van der Waals surface area contributed by atoms with Gasteiger partial charge < -0.3 is 10.2 Å². The fourth-order valence-corrected chi connectivity index (χ4v) is 3.98. The van der Waals surface area contributed by atoms with Gasteiger partial charge in [-0.05, 0) is 50.6 Å². The summed E-state index contributed by atoms with van der Waals surface area (Å²) in [5.41, 5.74) is 4.33. The molecule has 0 radical (unpaired) electrons. The minimum Gasteiger partial charge on any atom is -0.366 e. The van der Waals surface area contributed by atoms with Gasteiger partial charge in [0.05, 0.1) is 6.54 Å². The SMILES string of the molecule is CNCc1ccc(CN2CCCc3cc(C)ccc32)s1. The molecular weight excluding hydrogens is 264 g/mol. The molecule has 2 nitrogen and oxygen atoms in total. The van der Waals surface area contributed by atoms with E-state index in [1.54, 1.807) is 0 Å². The highest BCUT2D eigenvalue weighted by molar-refractivity contribution is 7.12. The summed E-state index contributed by atoms with van der Waals surface area (Å²) in [6.45, 7) is 5.38. The van der Waals surface area contributed by atoms with Crippen molar-refractivity contribution in [2.45, 2.75) is 32.9 Å². The molecule has 3 heteroatoms. The molecule has 0 atom stereocenters. The van der Waals surface area contributed by atoms with E-state index in [-0.39, 0.29) is 0 Å². The lowest BCUT2D eigenvalue weighted by Crippen LogP contribution is -2.28. The number of fused-ring (bicyclic) bond motifs is 1. The molecule has 0 amide bonds. The second kappa shape index (κ2) is 5.98. The summed E-state index contributed by atoms with van der Waals surface area (Å²) in [5, 5.41) is 3.22. The lowest BCUT2D eigenvalue weighted by molar-refractivity contribution is 0.694. The topological polar surface area (TPSA) is 15.3 Å². The lowest BCUT2D eigenvalue weighted by atomic mass is 9.99. The van der Waals surface area contributed by atoms with E-state index in [1.165, 1.54) is 46.0 Å². The van der Waals surface area contributed by atoms with Crippen molar-refractivity contribution in [1.82, 2.24) is 5.32 Å². The van der Waals surface area contributed by atoms with E-state index in [1.807, 2.05) is 18.4 Å². The first-order chi connectivity index (χ1) is 9.76. The number of benzene rings is 1. The Balaban J connectivity index is 1.78. The maximum absolute atomic E-state index is 3.22. The highest BCUT2D eigenvalue weighted by atomic mass is 32.1. The molecule has 0 spiro atoms. The maximum atomic E-state index is 3.22. The van der Waals surface area contributed by atoms with Crippen molar-refractivity contribution in [2.24, 2.45) is 0 Å². The summed E-state index contributed by atoms with van der Waals surface area (Å²) < 4.78 is 0.